The minimum absolute atomic E-state index is 0.0751. The summed E-state index contributed by atoms with van der Waals surface area (Å²) in [6.45, 7) is 0. The summed E-state index contributed by atoms with van der Waals surface area (Å²) >= 11 is 0. The van der Waals surface area contributed by atoms with Gasteiger partial charge in [-0.15, -0.1) is 0 Å². The second-order valence-electron chi connectivity index (χ2n) is 4.84. The summed E-state index contributed by atoms with van der Waals surface area (Å²) in [4.78, 5) is 15.4. The number of nitrogens with one attached hydrogen (secondary N) is 3. The summed E-state index contributed by atoms with van der Waals surface area (Å²) in [6, 6.07) is 9.88. The van der Waals surface area contributed by atoms with Crippen molar-refractivity contribution in [2.75, 3.05) is 5.32 Å². The van der Waals surface area contributed by atoms with Crippen molar-refractivity contribution in [3.05, 3.63) is 54.0 Å². The maximum Gasteiger partial charge on any atom is 0.258 e. The fourth-order valence-corrected chi connectivity index (χ4v) is 2.42. The molecule has 0 aliphatic carbocycles. The van der Waals surface area contributed by atoms with Gasteiger partial charge in [0.25, 0.3) is 5.91 Å². The molecule has 0 atom stereocenters. The molecule has 0 radical (unpaired) electrons. The number of amides is 1. The summed E-state index contributed by atoms with van der Waals surface area (Å²) in [5, 5.41) is 13.6. The van der Waals surface area contributed by atoms with Crippen LogP contribution in [0.4, 0.5) is 10.1 Å². The molecule has 0 bridgehead atoms. The molecule has 7 heteroatoms. The van der Waals surface area contributed by atoms with Crippen LogP contribution in [0.2, 0.25) is 0 Å². The largest absolute Gasteiger partial charge is 0.361 e. The van der Waals surface area contributed by atoms with Crippen LogP contribution in [-0.4, -0.2) is 26.3 Å². The lowest BCUT2D eigenvalue weighted by molar-refractivity contribution is 0.102. The molecular weight excluding hydrogens is 285 g/mol. The van der Waals surface area contributed by atoms with Crippen LogP contribution in [0, 0.1) is 5.82 Å². The van der Waals surface area contributed by atoms with Gasteiger partial charge in [0, 0.05) is 23.2 Å². The molecule has 2 aromatic heterocycles. The predicted molar refractivity (Wildman–Crippen MR) is 80.1 cm³/mol. The van der Waals surface area contributed by atoms with E-state index in [2.05, 4.69) is 25.7 Å². The van der Waals surface area contributed by atoms with E-state index < -0.39 is 11.7 Å². The van der Waals surface area contributed by atoms with Crippen molar-refractivity contribution in [1.29, 1.82) is 0 Å². The first kappa shape index (κ1) is 12.5. The molecule has 1 amide bonds. The van der Waals surface area contributed by atoms with Gasteiger partial charge >= 0.3 is 0 Å². The molecule has 0 unspecified atom stereocenters. The number of aromatic amines is 2. The summed E-state index contributed by atoms with van der Waals surface area (Å²) in [6.07, 6.45) is 1.78. The van der Waals surface area contributed by atoms with E-state index in [4.69, 9.17) is 0 Å². The van der Waals surface area contributed by atoms with Crippen LogP contribution in [0.5, 0.6) is 0 Å². The van der Waals surface area contributed by atoms with Crippen LogP contribution in [-0.2, 0) is 0 Å². The molecule has 0 aliphatic heterocycles. The first-order valence-electron chi connectivity index (χ1n) is 6.60. The first-order valence-corrected chi connectivity index (χ1v) is 6.60. The SMILES string of the molecule is O=C(Nc1cccc2[nH]ccc12)c1cc2n[nH]nc2cc1F. The van der Waals surface area contributed by atoms with E-state index >= 15 is 0 Å². The molecule has 2 heterocycles. The molecule has 0 spiro atoms. The van der Waals surface area contributed by atoms with Gasteiger partial charge in [-0.25, -0.2) is 4.39 Å². The number of hydrogen-bond acceptors (Lipinski definition) is 3. The number of H-pyrrole nitrogens is 2. The Hall–Kier alpha value is -3.22. The van der Waals surface area contributed by atoms with E-state index in [0.717, 1.165) is 10.9 Å². The maximum atomic E-state index is 14.1. The van der Waals surface area contributed by atoms with Crippen LogP contribution in [0.3, 0.4) is 0 Å². The van der Waals surface area contributed by atoms with Crippen LogP contribution >= 0.6 is 0 Å². The fraction of sp³-hybridized carbons (Fsp3) is 0. The van der Waals surface area contributed by atoms with Crippen molar-refractivity contribution in [3.63, 3.8) is 0 Å². The van der Waals surface area contributed by atoms with Crippen molar-refractivity contribution in [3.8, 4) is 0 Å². The number of anilines is 1. The molecule has 0 aliphatic rings. The Morgan fingerprint density at radius 2 is 1.95 bits per heavy atom. The van der Waals surface area contributed by atoms with Crippen molar-refractivity contribution in [2.45, 2.75) is 0 Å². The smallest absolute Gasteiger partial charge is 0.258 e. The molecule has 0 fully saturated rings. The zero-order valence-electron chi connectivity index (χ0n) is 11.2. The van der Waals surface area contributed by atoms with Gasteiger partial charge < -0.3 is 10.3 Å². The average molecular weight is 295 g/mol. The predicted octanol–water partition coefficient (Wildman–Crippen LogP) is 2.83. The lowest BCUT2D eigenvalue weighted by atomic mass is 10.1. The number of rotatable bonds is 2. The number of carbonyl (C=O) groups is 1. The highest BCUT2D eigenvalue weighted by Crippen LogP contribution is 2.23. The summed E-state index contributed by atoms with van der Waals surface area (Å²) in [5.41, 5.74) is 2.25. The number of benzene rings is 2. The Balaban J connectivity index is 1.74. The van der Waals surface area contributed by atoms with Gasteiger partial charge in [0.2, 0.25) is 0 Å². The quantitative estimate of drug-likeness (QED) is 0.531. The molecule has 6 nitrogen and oxygen atoms in total. The Morgan fingerprint density at radius 1 is 1.14 bits per heavy atom. The second kappa shape index (κ2) is 4.66. The monoisotopic (exact) mass is 295 g/mol. The number of nitrogens with zero attached hydrogens (tertiary/aromatic N) is 2. The number of carbonyl (C=O) groups excluding carboxylic acids is 1. The average Bonchev–Trinajstić information content (AvgIpc) is 3.14. The third-order valence-corrected chi connectivity index (χ3v) is 3.49. The van der Waals surface area contributed by atoms with Crippen molar-refractivity contribution in [1.82, 2.24) is 20.4 Å². The molecule has 22 heavy (non-hydrogen) atoms. The Kier molecular flexibility index (Phi) is 2.65. The van der Waals surface area contributed by atoms with Crippen LogP contribution in [0.1, 0.15) is 10.4 Å². The number of fused-ring (bicyclic) bond motifs is 2. The van der Waals surface area contributed by atoms with E-state index in [1.54, 1.807) is 12.3 Å². The highest BCUT2D eigenvalue weighted by molar-refractivity contribution is 6.09. The number of aromatic nitrogens is 4. The van der Waals surface area contributed by atoms with Crippen LogP contribution in [0.15, 0.2) is 42.6 Å². The molecule has 4 aromatic rings. The van der Waals surface area contributed by atoms with Gasteiger partial charge in [-0.1, -0.05) is 6.07 Å². The van der Waals surface area contributed by atoms with Gasteiger partial charge in [0.1, 0.15) is 16.9 Å². The minimum Gasteiger partial charge on any atom is -0.361 e. The standard InChI is InChI=1S/C15H10FN5O/c16-10-7-14-13(19-21-20-14)6-9(10)15(22)18-12-3-1-2-11-8(12)4-5-17-11/h1-7,17H,(H,18,22)(H,19,20,21). The normalized spacial score (nSPS) is 11.1. The molecule has 0 saturated carbocycles. The fourth-order valence-electron chi connectivity index (χ4n) is 2.42. The molecule has 3 N–H and O–H groups in total. The Bertz CT molecular complexity index is 1000. The highest BCUT2D eigenvalue weighted by Gasteiger charge is 2.16. The molecule has 4 rings (SSSR count). The summed E-state index contributed by atoms with van der Waals surface area (Å²) < 4.78 is 14.1. The van der Waals surface area contributed by atoms with Crippen molar-refractivity contribution in [2.24, 2.45) is 0 Å². The third kappa shape index (κ3) is 1.91. The number of halogens is 1. The van der Waals surface area contributed by atoms with E-state index in [-0.39, 0.29) is 5.56 Å². The van der Waals surface area contributed by atoms with Gasteiger partial charge in [-0.05, 0) is 24.3 Å². The lowest BCUT2D eigenvalue weighted by Gasteiger charge is -2.07. The Morgan fingerprint density at radius 3 is 2.82 bits per heavy atom. The molecular formula is C15H10FN5O. The minimum atomic E-state index is -0.639. The highest BCUT2D eigenvalue weighted by atomic mass is 19.1. The number of hydrogen-bond donors (Lipinski definition) is 3. The topological polar surface area (TPSA) is 86.5 Å². The van der Waals surface area contributed by atoms with Gasteiger partial charge in [-0.3, -0.25) is 4.79 Å². The second-order valence-corrected chi connectivity index (χ2v) is 4.84. The summed E-state index contributed by atoms with van der Waals surface area (Å²) in [5.74, 6) is -1.17. The van der Waals surface area contributed by atoms with E-state index in [0.29, 0.717) is 16.7 Å². The van der Waals surface area contributed by atoms with Crippen molar-refractivity contribution < 1.29 is 9.18 Å². The van der Waals surface area contributed by atoms with Gasteiger partial charge in [0.15, 0.2) is 0 Å². The first-order chi connectivity index (χ1) is 10.7. The third-order valence-electron chi connectivity index (χ3n) is 3.49. The van der Waals surface area contributed by atoms with Gasteiger partial charge in [0.05, 0.1) is 11.3 Å². The lowest BCUT2D eigenvalue weighted by Crippen LogP contribution is -2.14. The van der Waals surface area contributed by atoms with Crippen molar-refractivity contribution >= 4 is 33.5 Å². The van der Waals surface area contributed by atoms with Gasteiger partial charge in [-0.2, -0.15) is 15.4 Å². The zero-order chi connectivity index (χ0) is 15.1. The maximum absolute atomic E-state index is 14.1. The van der Waals surface area contributed by atoms with E-state index in [9.17, 15) is 9.18 Å². The molecule has 0 saturated heterocycles. The van der Waals surface area contributed by atoms with Crippen LogP contribution < -0.4 is 5.32 Å². The van der Waals surface area contributed by atoms with Crippen LogP contribution in [0.25, 0.3) is 21.9 Å². The zero-order valence-corrected chi connectivity index (χ0v) is 11.2. The van der Waals surface area contributed by atoms with E-state index in [1.807, 2.05) is 18.2 Å². The molecule has 2 aromatic carbocycles. The molecule has 108 valence electrons. The van der Waals surface area contributed by atoms with E-state index in [1.165, 1.54) is 12.1 Å². The Labute approximate surface area is 123 Å². The summed E-state index contributed by atoms with van der Waals surface area (Å²) in [7, 11) is 0.